The molecule has 0 rings (SSSR count). The van der Waals surface area contributed by atoms with E-state index in [0.717, 1.165) is 38.8 Å². The van der Waals surface area contributed by atoms with Crippen LogP contribution in [0.1, 0.15) is 155 Å². The number of carboxylic acids is 1. The average molecular weight is 564 g/mol. The molecule has 1 atom stereocenters. The molecular weight excluding hydrogens is 504 g/mol. The number of hydrogen-bond acceptors (Lipinski definition) is 3. The molecule has 0 aliphatic rings. The highest BCUT2D eigenvalue weighted by atomic mass is 79.9. The van der Waals surface area contributed by atoms with E-state index in [0.29, 0.717) is 0 Å². The van der Waals surface area contributed by atoms with Crippen molar-refractivity contribution in [2.24, 2.45) is 5.73 Å². The van der Waals surface area contributed by atoms with E-state index in [1.54, 1.807) is 0 Å². The second-order valence-corrected chi connectivity index (χ2v) is 10.2. The van der Waals surface area contributed by atoms with E-state index in [1.807, 2.05) is 4.90 Å². The van der Waals surface area contributed by atoms with Crippen LogP contribution in [0.25, 0.3) is 0 Å². The van der Waals surface area contributed by atoms with Crippen molar-refractivity contribution < 1.29 is 14.7 Å². The topological polar surface area (TPSA) is 83.6 Å². The maximum atomic E-state index is 12.8. The number of nitrogens with zero attached hydrogens (tertiary/aromatic N) is 1. The summed E-state index contributed by atoms with van der Waals surface area (Å²) in [5, 5.41) is 8.91. The van der Waals surface area contributed by atoms with Crippen LogP contribution in [0.2, 0.25) is 0 Å². The Labute approximate surface area is 228 Å². The van der Waals surface area contributed by atoms with E-state index in [2.05, 4.69) is 13.8 Å². The van der Waals surface area contributed by atoms with Crippen LogP contribution in [-0.2, 0) is 9.59 Å². The Morgan fingerprint density at radius 3 is 1.26 bits per heavy atom. The molecule has 3 N–H and O–H groups in total. The van der Waals surface area contributed by atoms with Gasteiger partial charge in [0.15, 0.2) is 0 Å². The quantitative estimate of drug-likeness (QED) is 0.103. The van der Waals surface area contributed by atoms with Crippen LogP contribution in [0, 0.1) is 0 Å². The van der Waals surface area contributed by atoms with Gasteiger partial charge in [-0.2, -0.15) is 0 Å². The molecule has 6 heteroatoms. The van der Waals surface area contributed by atoms with E-state index in [1.165, 1.54) is 103 Å². The standard InChI is InChI=1S/C29H58N2O3.BrH/c1-3-5-7-9-11-13-15-17-19-21-25-31(29(34)27(30)23-24-28(32)33)26-22-20-18-16-14-12-10-8-6-4-2;/h27H,3-26,30H2,1-2H3,(H,32,33);1H/t27-;/m0./s1. The minimum atomic E-state index is -0.890. The van der Waals surface area contributed by atoms with Crippen molar-refractivity contribution in [1.82, 2.24) is 4.90 Å². The van der Waals surface area contributed by atoms with Crippen molar-refractivity contribution in [1.29, 1.82) is 0 Å². The Balaban J connectivity index is 0. The Bertz CT molecular complexity index is 453. The second-order valence-electron chi connectivity index (χ2n) is 10.2. The number of amides is 1. The van der Waals surface area contributed by atoms with Crippen molar-refractivity contribution in [2.45, 2.75) is 161 Å². The lowest BCUT2D eigenvalue weighted by atomic mass is 10.1. The van der Waals surface area contributed by atoms with Gasteiger partial charge in [-0.3, -0.25) is 9.59 Å². The predicted octanol–water partition coefficient (Wildman–Crippen LogP) is 8.43. The molecule has 0 spiro atoms. The molecule has 0 bridgehead atoms. The van der Waals surface area contributed by atoms with Crippen LogP contribution in [0.4, 0.5) is 0 Å². The molecule has 0 radical (unpaired) electrons. The van der Waals surface area contributed by atoms with Crippen LogP contribution >= 0.6 is 17.0 Å². The molecule has 210 valence electrons. The lowest BCUT2D eigenvalue weighted by Gasteiger charge is -2.26. The van der Waals surface area contributed by atoms with Crippen LogP contribution in [0.15, 0.2) is 0 Å². The number of halogens is 1. The van der Waals surface area contributed by atoms with Crippen LogP contribution in [-0.4, -0.2) is 41.0 Å². The van der Waals surface area contributed by atoms with E-state index in [9.17, 15) is 9.59 Å². The Hall–Kier alpha value is -0.620. The summed E-state index contributed by atoms with van der Waals surface area (Å²) in [5.41, 5.74) is 6.05. The first-order chi connectivity index (χ1) is 16.5. The Morgan fingerprint density at radius 1 is 0.629 bits per heavy atom. The normalized spacial score (nSPS) is 11.7. The summed E-state index contributed by atoms with van der Waals surface area (Å²) >= 11 is 0. The number of carbonyl (C=O) groups is 2. The van der Waals surface area contributed by atoms with Crippen LogP contribution in [0.3, 0.4) is 0 Å². The molecule has 0 unspecified atom stereocenters. The van der Waals surface area contributed by atoms with Gasteiger partial charge in [-0.1, -0.05) is 129 Å². The van der Waals surface area contributed by atoms with E-state index >= 15 is 0 Å². The smallest absolute Gasteiger partial charge is 0.303 e. The molecule has 0 aromatic heterocycles. The molecule has 0 aromatic rings. The first kappa shape index (κ1) is 36.5. The number of rotatable bonds is 26. The lowest BCUT2D eigenvalue weighted by molar-refractivity contribution is -0.137. The number of hydrogen-bond donors (Lipinski definition) is 2. The van der Waals surface area contributed by atoms with Gasteiger partial charge in [0.05, 0.1) is 6.04 Å². The van der Waals surface area contributed by atoms with Gasteiger partial charge in [-0.05, 0) is 19.3 Å². The summed E-state index contributed by atoms with van der Waals surface area (Å²) in [7, 11) is 0. The van der Waals surface area contributed by atoms with Gasteiger partial charge >= 0.3 is 5.97 Å². The predicted molar refractivity (Wildman–Crippen MR) is 155 cm³/mol. The number of carboxylic acid groups (broad SMARTS) is 1. The van der Waals surface area contributed by atoms with Crippen LogP contribution < -0.4 is 5.73 Å². The fraction of sp³-hybridized carbons (Fsp3) is 0.931. The summed E-state index contributed by atoms with van der Waals surface area (Å²) in [6.07, 6.45) is 25.7. The SMILES string of the molecule is Br.CCCCCCCCCCCCN(CCCCCCCCCCCC)C(=O)[C@@H](N)CCC(=O)O. The molecule has 0 saturated heterocycles. The third-order valence-electron chi connectivity index (χ3n) is 6.86. The highest BCUT2D eigenvalue weighted by molar-refractivity contribution is 8.93. The van der Waals surface area contributed by atoms with E-state index < -0.39 is 12.0 Å². The van der Waals surface area contributed by atoms with Crippen molar-refractivity contribution >= 4 is 28.9 Å². The maximum Gasteiger partial charge on any atom is 0.303 e. The zero-order valence-corrected chi connectivity index (χ0v) is 25.0. The first-order valence-electron chi connectivity index (χ1n) is 14.8. The molecule has 0 aromatic carbocycles. The molecule has 1 amide bonds. The van der Waals surface area contributed by atoms with Gasteiger partial charge in [0.25, 0.3) is 0 Å². The fourth-order valence-electron chi connectivity index (χ4n) is 4.55. The van der Waals surface area contributed by atoms with Crippen molar-refractivity contribution in [3.63, 3.8) is 0 Å². The zero-order chi connectivity index (χ0) is 25.3. The number of carbonyl (C=O) groups excluding carboxylic acids is 1. The fourth-order valence-corrected chi connectivity index (χ4v) is 4.55. The minimum Gasteiger partial charge on any atom is -0.481 e. The van der Waals surface area contributed by atoms with Gasteiger partial charge < -0.3 is 15.7 Å². The number of nitrogens with two attached hydrogens (primary N) is 1. The molecule has 0 heterocycles. The molecular formula is C29H59BrN2O3. The van der Waals surface area contributed by atoms with Crippen LogP contribution in [0.5, 0.6) is 0 Å². The van der Waals surface area contributed by atoms with Gasteiger partial charge in [0, 0.05) is 19.5 Å². The summed E-state index contributed by atoms with van der Waals surface area (Å²) in [6, 6.07) is -0.692. The van der Waals surface area contributed by atoms with Crippen molar-refractivity contribution in [3.05, 3.63) is 0 Å². The Morgan fingerprint density at radius 2 is 0.943 bits per heavy atom. The van der Waals surface area contributed by atoms with Gasteiger partial charge in [0.1, 0.15) is 0 Å². The molecule has 0 saturated carbocycles. The Kier molecular flexibility index (Phi) is 29.2. The largest absolute Gasteiger partial charge is 0.481 e. The monoisotopic (exact) mass is 562 g/mol. The molecule has 0 aliphatic carbocycles. The summed E-state index contributed by atoms with van der Waals surface area (Å²) in [5.74, 6) is -0.952. The second kappa shape index (κ2) is 28.0. The molecule has 5 nitrogen and oxygen atoms in total. The summed E-state index contributed by atoms with van der Waals surface area (Å²) in [6.45, 7) is 6.02. The van der Waals surface area contributed by atoms with E-state index in [-0.39, 0.29) is 35.7 Å². The molecule has 0 fully saturated rings. The van der Waals surface area contributed by atoms with Gasteiger partial charge in [-0.25, -0.2) is 0 Å². The zero-order valence-electron chi connectivity index (χ0n) is 23.2. The summed E-state index contributed by atoms with van der Waals surface area (Å²) in [4.78, 5) is 25.6. The third-order valence-corrected chi connectivity index (χ3v) is 6.86. The average Bonchev–Trinajstić information content (AvgIpc) is 2.83. The van der Waals surface area contributed by atoms with Gasteiger partial charge in [-0.15, -0.1) is 17.0 Å². The third kappa shape index (κ3) is 24.8. The number of unbranched alkanes of at least 4 members (excludes halogenated alkanes) is 18. The highest BCUT2D eigenvalue weighted by Gasteiger charge is 2.21. The maximum absolute atomic E-state index is 12.8. The summed E-state index contributed by atoms with van der Waals surface area (Å²) < 4.78 is 0. The molecule has 35 heavy (non-hydrogen) atoms. The van der Waals surface area contributed by atoms with Crippen molar-refractivity contribution in [3.8, 4) is 0 Å². The minimum absolute atomic E-state index is 0. The lowest BCUT2D eigenvalue weighted by Crippen LogP contribution is -2.44. The number of aliphatic carboxylic acids is 1. The highest BCUT2D eigenvalue weighted by Crippen LogP contribution is 2.14. The molecule has 0 aliphatic heterocycles. The van der Waals surface area contributed by atoms with Gasteiger partial charge in [0.2, 0.25) is 5.91 Å². The first-order valence-corrected chi connectivity index (χ1v) is 14.8. The van der Waals surface area contributed by atoms with Crippen molar-refractivity contribution in [2.75, 3.05) is 13.1 Å². The van der Waals surface area contributed by atoms with E-state index in [4.69, 9.17) is 10.8 Å².